The Labute approximate surface area is 114 Å². The molecular formula is C12H23NO5Si. The third-order valence-corrected chi connectivity index (χ3v) is 4.77. The lowest BCUT2D eigenvalue weighted by Crippen LogP contribution is -2.42. The van der Waals surface area contributed by atoms with E-state index >= 15 is 0 Å². The fourth-order valence-corrected chi connectivity index (χ4v) is 2.62. The molecule has 1 saturated heterocycles. The van der Waals surface area contributed by atoms with Gasteiger partial charge in [-0.1, -0.05) is 19.6 Å². The number of β-amino-alcohol motifs (C(OH)–C–C–N with tert-alkyl or cyclic N) is 1. The number of aliphatic hydroxyl groups excluding tert-OH is 1. The average Bonchev–Trinajstić information content (AvgIpc) is 2.68. The van der Waals surface area contributed by atoms with E-state index in [9.17, 15) is 14.7 Å². The third-order valence-electron chi connectivity index (χ3n) is 3.06. The number of hydrogen-bond donors (Lipinski definition) is 1. The number of rotatable bonds is 4. The number of hydrogen-bond acceptors (Lipinski definition) is 5. The van der Waals surface area contributed by atoms with Crippen molar-refractivity contribution in [2.45, 2.75) is 44.3 Å². The van der Waals surface area contributed by atoms with Gasteiger partial charge in [-0.25, -0.2) is 9.59 Å². The summed E-state index contributed by atoms with van der Waals surface area (Å²) < 4.78 is 9.81. The quantitative estimate of drug-likeness (QED) is 0.619. The van der Waals surface area contributed by atoms with Crippen LogP contribution in [0.15, 0.2) is 0 Å². The molecule has 6 nitrogen and oxygen atoms in total. The Bertz CT molecular complexity index is 342. The van der Waals surface area contributed by atoms with Gasteiger partial charge in [-0.2, -0.15) is 0 Å². The molecule has 0 aromatic heterocycles. The molecule has 0 aromatic carbocycles. The summed E-state index contributed by atoms with van der Waals surface area (Å²) in [5, 5.41) is 9.57. The van der Waals surface area contributed by atoms with Crippen LogP contribution in [0.25, 0.3) is 0 Å². The summed E-state index contributed by atoms with van der Waals surface area (Å²) in [6, 6.07) is 0.136. The highest BCUT2D eigenvalue weighted by molar-refractivity contribution is 6.76. The van der Waals surface area contributed by atoms with Gasteiger partial charge in [-0.3, -0.25) is 4.90 Å². The van der Waals surface area contributed by atoms with Gasteiger partial charge in [-0.05, 0) is 6.04 Å². The highest BCUT2D eigenvalue weighted by atomic mass is 28.3. The van der Waals surface area contributed by atoms with Crippen LogP contribution in [0.1, 0.15) is 6.42 Å². The number of carbonyl (C=O) groups excluding carboxylic acids is 2. The summed E-state index contributed by atoms with van der Waals surface area (Å²) in [6.07, 6.45) is -1.05. The maximum atomic E-state index is 11.9. The molecule has 1 aliphatic rings. The third kappa shape index (κ3) is 4.83. The minimum absolute atomic E-state index is 0.117. The Morgan fingerprint density at radius 3 is 2.53 bits per heavy atom. The molecule has 1 heterocycles. The summed E-state index contributed by atoms with van der Waals surface area (Å²) >= 11 is 0. The normalized spacial score (nSPS) is 23.3. The molecule has 1 fully saturated rings. The van der Waals surface area contributed by atoms with Crippen molar-refractivity contribution in [1.82, 2.24) is 4.90 Å². The highest BCUT2D eigenvalue weighted by Gasteiger charge is 2.40. The van der Waals surface area contributed by atoms with Gasteiger partial charge in [0.05, 0.1) is 26.4 Å². The van der Waals surface area contributed by atoms with E-state index in [0.717, 1.165) is 6.04 Å². The molecule has 1 rings (SSSR count). The lowest BCUT2D eigenvalue weighted by Gasteiger charge is -2.22. The zero-order valence-corrected chi connectivity index (χ0v) is 13.0. The van der Waals surface area contributed by atoms with Crippen molar-refractivity contribution in [2.75, 3.05) is 20.3 Å². The van der Waals surface area contributed by atoms with Gasteiger partial charge in [0.1, 0.15) is 6.04 Å². The van der Waals surface area contributed by atoms with Crippen LogP contribution >= 0.6 is 0 Å². The van der Waals surface area contributed by atoms with Gasteiger partial charge in [0.2, 0.25) is 0 Å². The van der Waals surface area contributed by atoms with E-state index in [-0.39, 0.29) is 13.0 Å². The smallest absolute Gasteiger partial charge is 0.410 e. The minimum atomic E-state index is -1.26. The number of esters is 1. The second kappa shape index (κ2) is 6.38. The largest absolute Gasteiger partial charge is 0.467 e. The Hall–Kier alpha value is -1.08. The Morgan fingerprint density at radius 2 is 2.00 bits per heavy atom. The minimum Gasteiger partial charge on any atom is -0.467 e. The highest BCUT2D eigenvalue weighted by Crippen LogP contribution is 2.20. The second-order valence-electron chi connectivity index (χ2n) is 6.01. The van der Waals surface area contributed by atoms with Crippen molar-refractivity contribution >= 4 is 20.1 Å². The first-order valence-electron chi connectivity index (χ1n) is 6.44. The SMILES string of the molecule is COC(=O)[C@@H]1C[C@@H](O)CN1C(=O)OCC[Si](C)(C)C. The predicted octanol–water partition coefficient (Wildman–Crippen LogP) is 1.07. The van der Waals surface area contributed by atoms with Crippen LogP contribution in [0.3, 0.4) is 0 Å². The summed E-state index contributed by atoms with van der Waals surface area (Å²) in [5.74, 6) is -0.515. The molecule has 0 bridgehead atoms. The lowest BCUT2D eigenvalue weighted by molar-refractivity contribution is -0.145. The number of ether oxygens (including phenoxy) is 2. The van der Waals surface area contributed by atoms with Crippen LogP contribution < -0.4 is 0 Å². The summed E-state index contributed by atoms with van der Waals surface area (Å²) in [5.41, 5.74) is 0. The van der Waals surface area contributed by atoms with Crippen molar-refractivity contribution in [1.29, 1.82) is 0 Å². The van der Waals surface area contributed by atoms with Crippen LogP contribution in [0.4, 0.5) is 4.79 Å². The van der Waals surface area contributed by atoms with Gasteiger partial charge < -0.3 is 14.6 Å². The molecule has 2 atom stereocenters. The zero-order chi connectivity index (χ0) is 14.6. The number of likely N-dealkylation sites (tertiary alicyclic amines) is 1. The topological polar surface area (TPSA) is 76.1 Å². The summed E-state index contributed by atoms with van der Waals surface area (Å²) in [7, 11) is 0.00607. The summed E-state index contributed by atoms with van der Waals surface area (Å²) in [4.78, 5) is 24.7. The van der Waals surface area contributed by atoms with Gasteiger partial charge in [0.15, 0.2) is 0 Å². The number of amides is 1. The zero-order valence-electron chi connectivity index (χ0n) is 12.0. The monoisotopic (exact) mass is 289 g/mol. The van der Waals surface area contributed by atoms with Crippen molar-refractivity contribution in [3.05, 3.63) is 0 Å². The van der Waals surface area contributed by atoms with E-state index in [1.165, 1.54) is 12.0 Å². The maximum Gasteiger partial charge on any atom is 0.410 e. The fourth-order valence-electron chi connectivity index (χ4n) is 1.90. The van der Waals surface area contributed by atoms with E-state index in [4.69, 9.17) is 4.74 Å². The molecule has 0 saturated carbocycles. The van der Waals surface area contributed by atoms with Crippen LogP contribution in [0, 0.1) is 0 Å². The van der Waals surface area contributed by atoms with Gasteiger partial charge in [0, 0.05) is 14.5 Å². The van der Waals surface area contributed by atoms with Gasteiger partial charge >= 0.3 is 12.1 Å². The van der Waals surface area contributed by atoms with Crippen molar-refractivity contribution in [3.8, 4) is 0 Å². The molecule has 110 valence electrons. The second-order valence-corrected chi connectivity index (χ2v) is 11.6. The molecule has 0 aliphatic carbocycles. The lowest BCUT2D eigenvalue weighted by atomic mass is 10.2. The molecule has 19 heavy (non-hydrogen) atoms. The average molecular weight is 289 g/mol. The first-order chi connectivity index (χ1) is 8.74. The molecule has 7 heteroatoms. The Kier molecular flexibility index (Phi) is 5.36. The molecule has 1 amide bonds. The maximum absolute atomic E-state index is 11.9. The van der Waals surface area contributed by atoms with E-state index in [1.807, 2.05) is 0 Å². The Morgan fingerprint density at radius 1 is 1.37 bits per heavy atom. The number of nitrogens with zero attached hydrogens (tertiary/aromatic N) is 1. The molecular weight excluding hydrogens is 266 g/mol. The molecule has 0 aromatic rings. The van der Waals surface area contributed by atoms with Crippen molar-refractivity contribution < 1.29 is 24.2 Å². The van der Waals surface area contributed by atoms with Crippen molar-refractivity contribution in [2.24, 2.45) is 0 Å². The fraction of sp³-hybridized carbons (Fsp3) is 0.833. The number of methoxy groups -OCH3 is 1. The van der Waals surface area contributed by atoms with Crippen LogP contribution in [-0.2, 0) is 14.3 Å². The standard InChI is InChI=1S/C12H23NO5Si/c1-17-11(15)10-7-9(14)8-13(10)12(16)18-5-6-19(2,3)4/h9-10,14H,5-8H2,1-4H3/t9-,10+/m1/s1. The molecule has 0 radical (unpaired) electrons. The van der Waals surface area contributed by atoms with E-state index in [2.05, 4.69) is 24.4 Å². The summed E-state index contributed by atoms with van der Waals surface area (Å²) in [6.45, 7) is 7.05. The number of aliphatic hydroxyl groups is 1. The van der Waals surface area contributed by atoms with Gasteiger partial charge in [-0.15, -0.1) is 0 Å². The predicted molar refractivity (Wildman–Crippen MR) is 72.6 cm³/mol. The van der Waals surface area contributed by atoms with E-state index in [1.54, 1.807) is 0 Å². The Balaban J connectivity index is 2.52. The van der Waals surface area contributed by atoms with Crippen LogP contribution in [0.5, 0.6) is 0 Å². The van der Waals surface area contributed by atoms with Gasteiger partial charge in [0.25, 0.3) is 0 Å². The van der Waals surface area contributed by atoms with E-state index in [0.29, 0.717) is 6.61 Å². The molecule has 1 N–H and O–H groups in total. The number of carbonyl (C=O) groups is 2. The molecule has 0 spiro atoms. The van der Waals surface area contributed by atoms with Crippen LogP contribution in [-0.4, -0.2) is 62.6 Å². The van der Waals surface area contributed by atoms with Crippen molar-refractivity contribution in [3.63, 3.8) is 0 Å². The molecule has 0 unspecified atom stereocenters. The first kappa shape index (κ1) is 16.0. The van der Waals surface area contributed by atoms with E-state index < -0.39 is 32.3 Å². The van der Waals surface area contributed by atoms with Crippen LogP contribution in [0.2, 0.25) is 25.7 Å². The molecule has 1 aliphatic heterocycles. The first-order valence-corrected chi connectivity index (χ1v) is 10.1.